The van der Waals surface area contributed by atoms with Gasteiger partial charge in [-0.1, -0.05) is 39.5 Å². The summed E-state index contributed by atoms with van der Waals surface area (Å²) in [7, 11) is 0. The minimum atomic E-state index is 0.834. The van der Waals surface area contributed by atoms with Gasteiger partial charge in [-0.3, -0.25) is 0 Å². The first-order valence-corrected chi connectivity index (χ1v) is 6.06. The highest BCUT2D eigenvalue weighted by Crippen LogP contribution is 2.23. The van der Waals surface area contributed by atoms with Gasteiger partial charge in [-0.2, -0.15) is 0 Å². The molecule has 1 N–H and O–H groups in total. The first kappa shape index (κ1) is 11.0. The summed E-state index contributed by atoms with van der Waals surface area (Å²) in [4.78, 5) is 0. The second-order valence-electron chi connectivity index (χ2n) is 4.63. The Morgan fingerprint density at radius 3 is 2.77 bits per heavy atom. The van der Waals surface area contributed by atoms with E-state index in [0.717, 1.165) is 12.0 Å². The zero-order valence-corrected chi connectivity index (χ0v) is 9.31. The van der Waals surface area contributed by atoms with Crippen molar-refractivity contribution in [3.63, 3.8) is 0 Å². The van der Waals surface area contributed by atoms with Crippen molar-refractivity contribution in [2.24, 2.45) is 5.92 Å². The Balaban J connectivity index is 2.00. The fourth-order valence-corrected chi connectivity index (χ4v) is 2.30. The minimum Gasteiger partial charge on any atom is -0.314 e. The van der Waals surface area contributed by atoms with Crippen LogP contribution in [0, 0.1) is 5.92 Å². The molecule has 0 aromatic rings. The lowest BCUT2D eigenvalue weighted by molar-refractivity contribution is 0.300. The van der Waals surface area contributed by atoms with Gasteiger partial charge in [-0.05, 0) is 31.7 Å². The van der Waals surface area contributed by atoms with Crippen molar-refractivity contribution in [3.8, 4) is 0 Å². The highest BCUT2D eigenvalue weighted by molar-refractivity contribution is 4.75. The lowest BCUT2D eigenvalue weighted by atomic mass is 9.87. The number of hydrogen-bond donors (Lipinski definition) is 1. The molecule has 1 rings (SSSR count). The van der Waals surface area contributed by atoms with Crippen molar-refractivity contribution in [3.05, 3.63) is 0 Å². The Morgan fingerprint density at radius 2 is 2.08 bits per heavy atom. The molecule has 0 bridgehead atoms. The van der Waals surface area contributed by atoms with Crippen LogP contribution in [0.5, 0.6) is 0 Å². The molecule has 1 nitrogen and oxygen atoms in total. The molecule has 1 heteroatoms. The van der Waals surface area contributed by atoms with Crippen molar-refractivity contribution < 1.29 is 0 Å². The van der Waals surface area contributed by atoms with E-state index >= 15 is 0 Å². The zero-order chi connectivity index (χ0) is 9.52. The van der Waals surface area contributed by atoms with Gasteiger partial charge < -0.3 is 5.32 Å². The number of rotatable bonds is 5. The molecule has 1 aliphatic carbocycles. The van der Waals surface area contributed by atoms with Crippen LogP contribution in [0.4, 0.5) is 0 Å². The Kier molecular flexibility index (Phi) is 5.45. The number of hydrogen-bond acceptors (Lipinski definition) is 1. The Labute approximate surface area is 83.3 Å². The molecule has 1 fully saturated rings. The number of unbranched alkanes of at least 4 members (excludes halogenated alkanes) is 2. The van der Waals surface area contributed by atoms with Gasteiger partial charge in [0.05, 0.1) is 0 Å². The van der Waals surface area contributed by atoms with E-state index in [0.29, 0.717) is 0 Å². The fraction of sp³-hybridized carbons (Fsp3) is 1.00. The largest absolute Gasteiger partial charge is 0.314 e. The van der Waals surface area contributed by atoms with Gasteiger partial charge in [0, 0.05) is 6.04 Å². The lowest BCUT2D eigenvalue weighted by Crippen LogP contribution is -2.34. The third-order valence-corrected chi connectivity index (χ3v) is 3.15. The predicted octanol–water partition coefficient (Wildman–Crippen LogP) is 3.34. The van der Waals surface area contributed by atoms with Gasteiger partial charge in [0.25, 0.3) is 0 Å². The second-order valence-corrected chi connectivity index (χ2v) is 4.63. The van der Waals surface area contributed by atoms with E-state index in [9.17, 15) is 0 Å². The van der Waals surface area contributed by atoms with Crippen LogP contribution in [0.15, 0.2) is 0 Å². The van der Waals surface area contributed by atoms with Crippen molar-refractivity contribution >= 4 is 0 Å². The minimum absolute atomic E-state index is 0.834. The van der Waals surface area contributed by atoms with Gasteiger partial charge in [0.15, 0.2) is 0 Å². The predicted molar refractivity (Wildman–Crippen MR) is 58.9 cm³/mol. The van der Waals surface area contributed by atoms with Gasteiger partial charge >= 0.3 is 0 Å². The quantitative estimate of drug-likeness (QED) is 0.645. The molecule has 0 aromatic heterocycles. The summed E-state index contributed by atoms with van der Waals surface area (Å²) < 4.78 is 0. The number of nitrogens with one attached hydrogen (secondary N) is 1. The van der Waals surface area contributed by atoms with Crippen LogP contribution in [-0.4, -0.2) is 12.6 Å². The second kappa shape index (κ2) is 6.42. The summed E-state index contributed by atoms with van der Waals surface area (Å²) in [5.74, 6) is 0.956. The van der Waals surface area contributed by atoms with Crippen LogP contribution in [0.3, 0.4) is 0 Å². The zero-order valence-electron chi connectivity index (χ0n) is 9.31. The van der Waals surface area contributed by atoms with Crippen molar-refractivity contribution in [2.75, 3.05) is 6.54 Å². The summed E-state index contributed by atoms with van der Waals surface area (Å²) in [5.41, 5.74) is 0. The first-order valence-electron chi connectivity index (χ1n) is 6.06. The van der Waals surface area contributed by atoms with Crippen LogP contribution in [-0.2, 0) is 0 Å². The van der Waals surface area contributed by atoms with E-state index in [-0.39, 0.29) is 0 Å². The van der Waals surface area contributed by atoms with E-state index in [2.05, 4.69) is 19.2 Å². The van der Waals surface area contributed by atoms with E-state index in [1.54, 1.807) is 0 Å². The molecule has 0 spiro atoms. The molecule has 78 valence electrons. The van der Waals surface area contributed by atoms with Gasteiger partial charge in [-0.25, -0.2) is 0 Å². The average molecular weight is 183 g/mol. The molecular weight excluding hydrogens is 158 g/mol. The van der Waals surface area contributed by atoms with Crippen molar-refractivity contribution in [1.82, 2.24) is 5.32 Å². The maximum atomic E-state index is 3.69. The highest BCUT2D eigenvalue weighted by Gasteiger charge is 2.17. The molecule has 1 aliphatic rings. The molecule has 2 atom stereocenters. The summed E-state index contributed by atoms with van der Waals surface area (Å²) in [6, 6.07) is 0.834. The summed E-state index contributed by atoms with van der Waals surface area (Å²) >= 11 is 0. The molecule has 0 aliphatic heterocycles. The van der Waals surface area contributed by atoms with Crippen molar-refractivity contribution in [1.29, 1.82) is 0 Å². The normalized spacial score (nSPS) is 29.1. The molecule has 0 aromatic carbocycles. The van der Waals surface area contributed by atoms with E-state index in [1.165, 1.54) is 51.5 Å². The Morgan fingerprint density at radius 1 is 1.23 bits per heavy atom. The smallest absolute Gasteiger partial charge is 0.00696 e. The molecule has 13 heavy (non-hydrogen) atoms. The topological polar surface area (TPSA) is 12.0 Å². The Hall–Kier alpha value is -0.0400. The fourth-order valence-electron chi connectivity index (χ4n) is 2.30. The summed E-state index contributed by atoms with van der Waals surface area (Å²) in [5, 5.41) is 3.69. The molecule has 0 saturated heterocycles. The molecule has 0 unspecified atom stereocenters. The molecule has 0 heterocycles. The summed E-state index contributed by atoms with van der Waals surface area (Å²) in [6.07, 6.45) is 9.79. The average Bonchev–Trinajstić information content (AvgIpc) is 2.13. The SMILES string of the molecule is CCCCCN[C@@H]1CCC[C@@H](C)C1. The maximum absolute atomic E-state index is 3.69. The monoisotopic (exact) mass is 183 g/mol. The molecule has 1 saturated carbocycles. The third kappa shape index (κ3) is 4.66. The Bertz CT molecular complexity index is 122. The molecular formula is C12H25N. The van der Waals surface area contributed by atoms with Gasteiger partial charge in [-0.15, -0.1) is 0 Å². The highest BCUT2D eigenvalue weighted by atomic mass is 14.9. The van der Waals surface area contributed by atoms with Crippen LogP contribution in [0.1, 0.15) is 58.8 Å². The van der Waals surface area contributed by atoms with Crippen LogP contribution < -0.4 is 5.32 Å². The summed E-state index contributed by atoms with van der Waals surface area (Å²) in [6.45, 7) is 5.90. The van der Waals surface area contributed by atoms with E-state index < -0.39 is 0 Å². The van der Waals surface area contributed by atoms with Crippen LogP contribution in [0.2, 0.25) is 0 Å². The standard InChI is InChI=1S/C12H25N/c1-3-4-5-9-13-12-8-6-7-11(2)10-12/h11-13H,3-10H2,1-2H3/t11-,12-/m1/s1. The van der Waals surface area contributed by atoms with Gasteiger partial charge in [0.1, 0.15) is 0 Å². The lowest BCUT2D eigenvalue weighted by Gasteiger charge is -2.27. The van der Waals surface area contributed by atoms with Gasteiger partial charge in [0.2, 0.25) is 0 Å². The van der Waals surface area contributed by atoms with Crippen LogP contribution in [0.25, 0.3) is 0 Å². The first-order chi connectivity index (χ1) is 6.33. The maximum Gasteiger partial charge on any atom is 0.00696 e. The van der Waals surface area contributed by atoms with E-state index in [4.69, 9.17) is 0 Å². The molecule has 0 radical (unpaired) electrons. The third-order valence-electron chi connectivity index (χ3n) is 3.15. The molecule has 0 amide bonds. The van der Waals surface area contributed by atoms with Crippen molar-refractivity contribution in [2.45, 2.75) is 64.8 Å². The van der Waals surface area contributed by atoms with E-state index in [1.807, 2.05) is 0 Å². The van der Waals surface area contributed by atoms with Crippen LogP contribution >= 0.6 is 0 Å².